The third kappa shape index (κ3) is 3.75. The van der Waals surface area contributed by atoms with E-state index in [9.17, 15) is 0 Å². The molecule has 2 aliphatic rings. The minimum absolute atomic E-state index is 0.227. The molecule has 2 nitrogen and oxygen atoms in total. The predicted octanol–water partition coefficient (Wildman–Crippen LogP) is 3.23. The first-order valence-corrected chi connectivity index (χ1v) is 8.50. The predicted molar refractivity (Wildman–Crippen MR) is 80.3 cm³/mol. The van der Waals surface area contributed by atoms with Gasteiger partial charge in [-0.1, -0.05) is 18.6 Å². The zero-order valence-corrected chi connectivity index (χ0v) is 12.7. The second-order valence-corrected chi connectivity index (χ2v) is 6.72. The number of ether oxygens (including phenoxy) is 1. The van der Waals surface area contributed by atoms with Gasteiger partial charge < -0.3 is 10.1 Å². The number of allylic oxidation sites excluding steroid dienone is 1. The van der Waals surface area contributed by atoms with Crippen molar-refractivity contribution < 1.29 is 4.74 Å². The molecular formula is C15H27NOS. The summed E-state index contributed by atoms with van der Waals surface area (Å²) in [4.78, 5) is 0. The Morgan fingerprint density at radius 2 is 2.44 bits per heavy atom. The van der Waals surface area contributed by atoms with Crippen molar-refractivity contribution in [3.8, 4) is 0 Å². The van der Waals surface area contributed by atoms with Crippen molar-refractivity contribution in [2.45, 2.75) is 45.1 Å². The highest BCUT2D eigenvalue weighted by Crippen LogP contribution is 2.42. The van der Waals surface area contributed by atoms with E-state index < -0.39 is 0 Å². The molecule has 0 amide bonds. The van der Waals surface area contributed by atoms with E-state index in [1.807, 2.05) is 0 Å². The van der Waals surface area contributed by atoms with Gasteiger partial charge >= 0.3 is 0 Å². The third-order valence-corrected chi connectivity index (χ3v) is 5.46. The lowest BCUT2D eigenvalue weighted by molar-refractivity contribution is -0.0734. The Bertz CT molecular complexity index is 284. The van der Waals surface area contributed by atoms with Gasteiger partial charge in [0.15, 0.2) is 0 Å². The maximum absolute atomic E-state index is 6.09. The molecule has 2 saturated heterocycles. The van der Waals surface area contributed by atoms with Crippen molar-refractivity contribution in [1.82, 2.24) is 5.32 Å². The van der Waals surface area contributed by atoms with E-state index in [-0.39, 0.29) is 5.60 Å². The van der Waals surface area contributed by atoms with E-state index in [1.165, 1.54) is 37.2 Å². The zero-order chi connectivity index (χ0) is 12.8. The van der Waals surface area contributed by atoms with E-state index in [2.05, 4.69) is 37.0 Å². The highest BCUT2D eigenvalue weighted by molar-refractivity contribution is 7.99. The molecule has 1 spiro atoms. The molecule has 2 aliphatic heterocycles. The molecule has 0 bridgehead atoms. The summed E-state index contributed by atoms with van der Waals surface area (Å²) in [6.45, 7) is 7.63. The lowest BCUT2D eigenvalue weighted by Gasteiger charge is -2.38. The summed E-state index contributed by atoms with van der Waals surface area (Å²) in [6, 6.07) is 0. The van der Waals surface area contributed by atoms with Crippen LogP contribution in [0.25, 0.3) is 0 Å². The summed E-state index contributed by atoms with van der Waals surface area (Å²) in [5.41, 5.74) is 1.82. The largest absolute Gasteiger partial charge is 0.374 e. The van der Waals surface area contributed by atoms with Gasteiger partial charge in [-0.05, 0) is 57.4 Å². The average Bonchev–Trinajstić information content (AvgIpc) is 2.82. The Kier molecular flexibility index (Phi) is 5.58. The Hall–Kier alpha value is 0.01000. The summed E-state index contributed by atoms with van der Waals surface area (Å²) < 4.78 is 6.09. The van der Waals surface area contributed by atoms with Gasteiger partial charge in [-0.15, -0.1) is 0 Å². The van der Waals surface area contributed by atoms with Crippen LogP contribution < -0.4 is 5.32 Å². The highest BCUT2D eigenvalue weighted by Gasteiger charge is 2.40. The van der Waals surface area contributed by atoms with Gasteiger partial charge in [0, 0.05) is 12.4 Å². The Morgan fingerprint density at radius 3 is 3.17 bits per heavy atom. The highest BCUT2D eigenvalue weighted by atomic mass is 32.2. The normalized spacial score (nSPS) is 33.2. The van der Waals surface area contributed by atoms with Crippen LogP contribution in [0.2, 0.25) is 0 Å². The van der Waals surface area contributed by atoms with E-state index in [1.54, 1.807) is 5.57 Å². The number of thioether (sulfide) groups is 1. The minimum atomic E-state index is 0.227. The maximum atomic E-state index is 6.09. The summed E-state index contributed by atoms with van der Waals surface area (Å²) >= 11 is 2.06. The Balaban J connectivity index is 1.84. The zero-order valence-electron chi connectivity index (χ0n) is 11.8. The molecule has 1 N–H and O–H groups in total. The monoisotopic (exact) mass is 269 g/mol. The smallest absolute Gasteiger partial charge is 0.0786 e. The van der Waals surface area contributed by atoms with Crippen molar-refractivity contribution in [3.05, 3.63) is 11.6 Å². The second kappa shape index (κ2) is 6.97. The number of nitrogens with one attached hydrogen (secondary N) is 1. The molecule has 0 aliphatic carbocycles. The molecule has 0 aromatic carbocycles. The molecule has 0 aromatic rings. The number of rotatable bonds is 5. The molecule has 18 heavy (non-hydrogen) atoms. The molecule has 2 fully saturated rings. The van der Waals surface area contributed by atoms with Crippen molar-refractivity contribution >= 4 is 11.8 Å². The number of hydrogen-bond acceptors (Lipinski definition) is 3. The fraction of sp³-hybridized carbons (Fsp3) is 0.867. The number of hydrogen-bond donors (Lipinski definition) is 1. The van der Waals surface area contributed by atoms with Crippen LogP contribution in [0.5, 0.6) is 0 Å². The molecule has 2 heterocycles. The van der Waals surface area contributed by atoms with E-state index in [4.69, 9.17) is 4.74 Å². The third-order valence-electron chi connectivity index (χ3n) is 4.24. The standard InChI is InChI=1S/C15H27NOS/c1-3-16-8-4-5-13(2)14-6-9-17-15(11-14)7-10-18-12-15/h5,14,16H,3-4,6-12H2,1-2H3. The summed E-state index contributed by atoms with van der Waals surface area (Å²) in [7, 11) is 0. The Morgan fingerprint density at radius 1 is 1.56 bits per heavy atom. The quantitative estimate of drug-likeness (QED) is 0.611. The van der Waals surface area contributed by atoms with E-state index in [0.717, 1.165) is 25.6 Å². The second-order valence-electron chi connectivity index (χ2n) is 5.61. The molecule has 3 heteroatoms. The van der Waals surface area contributed by atoms with Crippen LogP contribution in [0.3, 0.4) is 0 Å². The van der Waals surface area contributed by atoms with Crippen LogP contribution in [0.15, 0.2) is 11.6 Å². The topological polar surface area (TPSA) is 21.3 Å². The molecule has 0 aromatic heterocycles. The maximum Gasteiger partial charge on any atom is 0.0786 e. The lowest BCUT2D eigenvalue weighted by atomic mass is 9.81. The van der Waals surface area contributed by atoms with Crippen molar-refractivity contribution in [2.75, 3.05) is 31.2 Å². The van der Waals surface area contributed by atoms with Gasteiger partial charge in [-0.25, -0.2) is 0 Å². The first-order chi connectivity index (χ1) is 8.76. The van der Waals surface area contributed by atoms with Gasteiger partial charge in [-0.3, -0.25) is 0 Å². The molecule has 0 saturated carbocycles. The van der Waals surface area contributed by atoms with Gasteiger partial charge in [-0.2, -0.15) is 11.8 Å². The molecule has 2 atom stereocenters. The van der Waals surface area contributed by atoms with Crippen LogP contribution in [0, 0.1) is 5.92 Å². The van der Waals surface area contributed by atoms with Crippen molar-refractivity contribution in [1.29, 1.82) is 0 Å². The summed E-state index contributed by atoms with van der Waals surface area (Å²) in [6.07, 6.45) is 7.34. The van der Waals surface area contributed by atoms with Crippen LogP contribution in [-0.4, -0.2) is 36.8 Å². The van der Waals surface area contributed by atoms with Gasteiger partial charge in [0.2, 0.25) is 0 Å². The molecule has 0 radical (unpaired) electrons. The van der Waals surface area contributed by atoms with Crippen LogP contribution in [0.1, 0.15) is 39.5 Å². The summed E-state index contributed by atoms with van der Waals surface area (Å²) in [5.74, 6) is 3.27. The SMILES string of the molecule is CCNCCC=C(C)C1CCOC2(CCSC2)C1. The van der Waals surface area contributed by atoms with Crippen molar-refractivity contribution in [3.63, 3.8) is 0 Å². The minimum Gasteiger partial charge on any atom is -0.374 e. The van der Waals surface area contributed by atoms with E-state index >= 15 is 0 Å². The molecule has 2 rings (SSSR count). The first-order valence-electron chi connectivity index (χ1n) is 7.35. The van der Waals surface area contributed by atoms with Crippen LogP contribution >= 0.6 is 11.8 Å². The molecule has 104 valence electrons. The fourth-order valence-corrected chi connectivity index (χ4v) is 4.40. The Labute approximate surface area is 116 Å². The first kappa shape index (κ1) is 14.4. The van der Waals surface area contributed by atoms with Gasteiger partial charge in [0.1, 0.15) is 0 Å². The average molecular weight is 269 g/mol. The van der Waals surface area contributed by atoms with Crippen LogP contribution in [-0.2, 0) is 4.74 Å². The van der Waals surface area contributed by atoms with Crippen molar-refractivity contribution in [2.24, 2.45) is 5.92 Å². The fourth-order valence-electron chi connectivity index (χ4n) is 3.03. The molecular weight excluding hydrogens is 242 g/mol. The van der Waals surface area contributed by atoms with Gasteiger partial charge in [0.05, 0.1) is 5.60 Å². The van der Waals surface area contributed by atoms with Gasteiger partial charge in [0.25, 0.3) is 0 Å². The molecule has 2 unspecified atom stereocenters. The van der Waals surface area contributed by atoms with Crippen LogP contribution in [0.4, 0.5) is 0 Å². The summed E-state index contributed by atoms with van der Waals surface area (Å²) in [5, 5.41) is 3.38. The van der Waals surface area contributed by atoms with E-state index in [0.29, 0.717) is 0 Å². The lowest BCUT2D eigenvalue weighted by Crippen LogP contribution is -2.40.